The molecule has 0 spiro atoms. The first kappa shape index (κ1) is 18.0. The van der Waals surface area contributed by atoms with Gasteiger partial charge in [0.25, 0.3) is 0 Å². The highest BCUT2D eigenvalue weighted by molar-refractivity contribution is 7.99. The molecule has 1 rings (SSSR count). The van der Waals surface area contributed by atoms with Gasteiger partial charge in [-0.05, 0) is 0 Å². The van der Waals surface area contributed by atoms with Gasteiger partial charge in [0, 0.05) is 23.6 Å². The van der Waals surface area contributed by atoms with Crippen LogP contribution in [-0.2, 0) is 11.3 Å². The number of aliphatic carboxylic acids is 1. The Bertz CT molecular complexity index is 483. The van der Waals surface area contributed by atoms with E-state index in [1.807, 2.05) is 0 Å². The molecule has 0 aromatic carbocycles. The molecular weight excluding hydrogens is 288 g/mol. The van der Waals surface area contributed by atoms with Crippen molar-refractivity contribution in [2.24, 2.45) is 5.41 Å². The first-order valence-electron chi connectivity index (χ1n) is 7.17. The van der Waals surface area contributed by atoms with Gasteiger partial charge >= 0.3 is 0 Å². The summed E-state index contributed by atoms with van der Waals surface area (Å²) in [6.07, 6.45) is 0. The van der Waals surface area contributed by atoms with Gasteiger partial charge in [-0.25, -0.2) is 0 Å². The van der Waals surface area contributed by atoms with Gasteiger partial charge in [-0.1, -0.05) is 39.5 Å². The van der Waals surface area contributed by atoms with Gasteiger partial charge in [-0.15, -0.1) is 10.2 Å². The molecule has 0 bridgehead atoms. The molecule has 0 aliphatic heterocycles. The Hall–Kier alpha value is -1.08. The van der Waals surface area contributed by atoms with E-state index in [2.05, 4.69) is 56.6 Å². The Labute approximate surface area is 130 Å². The number of quaternary nitrogens is 1. The average Bonchev–Trinajstić information content (AvgIpc) is 2.66. The van der Waals surface area contributed by atoms with Crippen molar-refractivity contribution in [3.63, 3.8) is 0 Å². The van der Waals surface area contributed by atoms with Crippen LogP contribution in [0, 0.1) is 5.41 Å². The molecule has 7 heteroatoms. The first-order chi connectivity index (χ1) is 9.62. The number of nitrogens with one attached hydrogen (secondary N) is 1. The van der Waals surface area contributed by atoms with E-state index in [1.165, 1.54) is 16.7 Å². The van der Waals surface area contributed by atoms with Crippen molar-refractivity contribution in [3.8, 4) is 0 Å². The Kier molecular flexibility index (Phi) is 6.22. The monoisotopic (exact) mass is 314 g/mol. The van der Waals surface area contributed by atoms with Crippen LogP contribution in [0.25, 0.3) is 0 Å². The highest BCUT2D eigenvalue weighted by Gasteiger charge is 2.26. The molecule has 1 N–H and O–H groups in total. The molecule has 1 aromatic rings. The van der Waals surface area contributed by atoms with Crippen molar-refractivity contribution < 1.29 is 14.8 Å². The predicted molar refractivity (Wildman–Crippen MR) is 81.3 cm³/mol. The van der Waals surface area contributed by atoms with Crippen LogP contribution in [0.15, 0.2) is 5.16 Å². The standard InChI is InChI=1S/C14H26N4O2S/c1-10(2)12-15-16-13(21-7-11(19)20)18(12)9-14(3,4)8-17(5)6/h10H,7-9H2,1-6H3,(H,19,20). The third kappa shape index (κ3) is 5.67. The van der Waals surface area contributed by atoms with Crippen molar-refractivity contribution in [2.45, 2.75) is 45.3 Å². The summed E-state index contributed by atoms with van der Waals surface area (Å²) in [5.74, 6) is -0.0390. The topological polar surface area (TPSA) is 75.3 Å². The Morgan fingerprint density at radius 2 is 2.00 bits per heavy atom. The van der Waals surface area contributed by atoms with E-state index in [0.717, 1.165) is 18.9 Å². The summed E-state index contributed by atoms with van der Waals surface area (Å²) in [5, 5.41) is 19.7. The number of hydrogen-bond acceptors (Lipinski definition) is 5. The van der Waals surface area contributed by atoms with Crippen molar-refractivity contribution in [1.82, 2.24) is 14.8 Å². The SMILES string of the molecule is CC(C)c1nnc(SCC(=O)[O-])n1CC(C)(C)C[NH+](C)C. The third-order valence-corrected chi connectivity index (χ3v) is 3.94. The number of carboxylic acid groups (broad SMARTS) is 1. The molecule has 0 aliphatic carbocycles. The number of aromatic nitrogens is 3. The van der Waals surface area contributed by atoms with Crippen LogP contribution in [0.4, 0.5) is 0 Å². The van der Waals surface area contributed by atoms with E-state index in [9.17, 15) is 9.90 Å². The molecule has 0 unspecified atom stereocenters. The summed E-state index contributed by atoms with van der Waals surface area (Å²) in [7, 11) is 4.26. The second-order valence-corrected chi connectivity index (χ2v) is 7.73. The number of rotatable bonds is 8. The van der Waals surface area contributed by atoms with E-state index >= 15 is 0 Å². The van der Waals surface area contributed by atoms with Gasteiger partial charge in [0.1, 0.15) is 5.82 Å². The van der Waals surface area contributed by atoms with E-state index in [0.29, 0.717) is 5.16 Å². The molecule has 0 aliphatic rings. The molecular formula is C14H26N4O2S. The number of nitrogens with zero attached hydrogens (tertiary/aromatic N) is 3. The second-order valence-electron chi connectivity index (χ2n) is 6.79. The van der Waals surface area contributed by atoms with Crippen molar-refractivity contribution in [2.75, 3.05) is 26.4 Å². The summed E-state index contributed by atoms with van der Waals surface area (Å²) in [5.41, 5.74) is 0.0711. The van der Waals surface area contributed by atoms with E-state index in [4.69, 9.17) is 0 Å². The molecule has 0 radical (unpaired) electrons. The van der Waals surface area contributed by atoms with Crippen LogP contribution in [0.3, 0.4) is 0 Å². The molecule has 6 nitrogen and oxygen atoms in total. The number of carbonyl (C=O) groups excluding carboxylic acids is 1. The highest BCUT2D eigenvalue weighted by atomic mass is 32.2. The Morgan fingerprint density at radius 1 is 1.38 bits per heavy atom. The van der Waals surface area contributed by atoms with Gasteiger partial charge < -0.3 is 19.4 Å². The fourth-order valence-electron chi connectivity index (χ4n) is 2.55. The lowest BCUT2D eigenvalue weighted by atomic mass is 9.92. The second kappa shape index (κ2) is 7.26. The molecule has 1 aromatic heterocycles. The molecule has 0 saturated carbocycles. The van der Waals surface area contributed by atoms with E-state index < -0.39 is 5.97 Å². The molecule has 0 fully saturated rings. The van der Waals surface area contributed by atoms with Crippen molar-refractivity contribution in [3.05, 3.63) is 5.82 Å². The normalized spacial score (nSPS) is 12.4. The molecule has 120 valence electrons. The van der Waals surface area contributed by atoms with Crippen LogP contribution in [-0.4, -0.2) is 47.1 Å². The lowest BCUT2D eigenvalue weighted by molar-refractivity contribution is -0.865. The van der Waals surface area contributed by atoms with Gasteiger partial charge in [0.2, 0.25) is 0 Å². The summed E-state index contributed by atoms with van der Waals surface area (Å²) in [4.78, 5) is 12.0. The summed E-state index contributed by atoms with van der Waals surface area (Å²) in [6.45, 7) is 10.3. The summed E-state index contributed by atoms with van der Waals surface area (Å²) >= 11 is 1.17. The minimum Gasteiger partial charge on any atom is -0.549 e. The quantitative estimate of drug-likeness (QED) is 0.650. The molecule has 0 atom stereocenters. The van der Waals surface area contributed by atoms with Crippen LogP contribution in [0.1, 0.15) is 39.4 Å². The minimum atomic E-state index is -1.09. The smallest absolute Gasteiger partial charge is 0.191 e. The fraction of sp³-hybridized carbons (Fsp3) is 0.786. The van der Waals surface area contributed by atoms with Crippen molar-refractivity contribution >= 4 is 17.7 Å². The lowest BCUT2D eigenvalue weighted by Crippen LogP contribution is -3.07. The van der Waals surface area contributed by atoms with E-state index in [-0.39, 0.29) is 17.1 Å². The molecule has 0 amide bonds. The molecule has 1 heterocycles. The molecule has 0 saturated heterocycles. The minimum absolute atomic E-state index is 0.0711. The van der Waals surface area contributed by atoms with Crippen LogP contribution in [0.2, 0.25) is 0 Å². The van der Waals surface area contributed by atoms with Gasteiger partial charge in [0.05, 0.1) is 26.6 Å². The highest BCUT2D eigenvalue weighted by Crippen LogP contribution is 2.26. The summed E-state index contributed by atoms with van der Waals surface area (Å²) < 4.78 is 2.06. The molecule has 21 heavy (non-hydrogen) atoms. The largest absolute Gasteiger partial charge is 0.549 e. The number of carbonyl (C=O) groups is 1. The van der Waals surface area contributed by atoms with Gasteiger partial charge in [-0.3, -0.25) is 0 Å². The lowest BCUT2D eigenvalue weighted by Gasteiger charge is -2.27. The maximum absolute atomic E-state index is 10.7. The maximum Gasteiger partial charge on any atom is 0.191 e. The van der Waals surface area contributed by atoms with Crippen LogP contribution in [0.5, 0.6) is 0 Å². The Morgan fingerprint density at radius 3 is 2.48 bits per heavy atom. The first-order valence-corrected chi connectivity index (χ1v) is 8.15. The van der Waals surface area contributed by atoms with Gasteiger partial charge in [0.15, 0.2) is 5.16 Å². The maximum atomic E-state index is 10.7. The number of thioether (sulfide) groups is 1. The zero-order chi connectivity index (χ0) is 16.2. The zero-order valence-electron chi connectivity index (χ0n) is 13.8. The fourth-order valence-corrected chi connectivity index (χ4v) is 3.21. The Balaban J connectivity index is 3.00. The van der Waals surface area contributed by atoms with Crippen molar-refractivity contribution in [1.29, 1.82) is 0 Å². The third-order valence-electron chi connectivity index (χ3n) is 3.00. The number of hydrogen-bond donors (Lipinski definition) is 1. The predicted octanol–water partition coefficient (Wildman–Crippen LogP) is -0.586. The van der Waals surface area contributed by atoms with E-state index in [1.54, 1.807) is 0 Å². The van der Waals surface area contributed by atoms with Gasteiger partial charge in [-0.2, -0.15) is 0 Å². The zero-order valence-corrected chi connectivity index (χ0v) is 14.6. The van der Waals surface area contributed by atoms with Crippen LogP contribution >= 0.6 is 11.8 Å². The summed E-state index contributed by atoms with van der Waals surface area (Å²) in [6, 6.07) is 0. The average molecular weight is 314 g/mol. The number of carboxylic acids is 1. The van der Waals surface area contributed by atoms with Crippen LogP contribution < -0.4 is 10.0 Å².